The van der Waals surface area contributed by atoms with E-state index in [1.807, 2.05) is 12.4 Å². The summed E-state index contributed by atoms with van der Waals surface area (Å²) in [6.45, 7) is 7.38. The quantitative estimate of drug-likeness (QED) is 0.419. The first-order chi connectivity index (χ1) is 19.5. The van der Waals surface area contributed by atoms with Gasteiger partial charge in [-0.25, -0.2) is 13.9 Å². The maximum Gasteiger partial charge on any atom is 0.256 e. The van der Waals surface area contributed by atoms with Gasteiger partial charge in [-0.05, 0) is 37.5 Å². The van der Waals surface area contributed by atoms with E-state index in [0.29, 0.717) is 39.8 Å². The first kappa shape index (κ1) is 25.6. The molecule has 0 radical (unpaired) electrons. The van der Waals surface area contributed by atoms with Crippen LogP contribution in [0.3, 0.4) is 0 Å². The van der Waals surface area contributed by atoms with Gasteiger partial charge in [0.05, 0.1) is 29.8 Å². The molecule has 0 amide bonds. The molecular formula is C29H27FN10. The SMILES string of the molecule is CC1CNCCN1C1CCN(c2cnc3c(-c4ccnc5cc(F)c(C(C#N)(C#N)C#N)cc45)cnn3c2)CC1. The number of anilines is 1. The molecule has 3 aromatic heterocycles. The second kappa shape index (κ2) is 10.2. The Bertz CT molecular complexity index is 1680. The van der Waals surface area contributed by atoms with E-state index < -0.39 is 11.2 Å². The lowest BCUT2D eigenvalue weighted by Gasteiger charge is -2.44. The molecule has 1 unspecified atom stereocenters. The van der Waals surface area contributed by atoms with E-state index in [0.717, 1.165) is 57.3 Å². The molecule has 1 atom stereocenters. The van der Waals surface area contributed by atoms with E-state index in [4.69, 9.17) is 4.98 Å². The van der Waals surface area contributed by atoms with Crippen molar-refractivity contribution >= 4 is 22.2 Å². The largest absolute Gasteiger partial charge is 0.369 e. The third kappa shape index (κ3) is 4.19. The molecule has 2 fully saturated rings. The first-order valence-electron chi connectivity index (χ1n) is 13.4. The van der Waals surface area contributed by atoms with Crippen LogP contribution in [0.4, 0.5) is 10.1 Å². The second-order valence-electron chi connectivity index (χ2n) is 10.4. The molecule has 0 bridgehead atoms. The molecule has 1 N–H and O–H groups in total. The number of nitrogens with zero attached hydrogens (tertiary/aromatic N) is 9. The van der Waals surface area contributed by atoms with Gasteiger partial charge in [0.25, 0.3) is 5.41 Å². The van der Waals surface area contributed by atoms with Gasteiger partial charge in [-0.1, -0.05) is 0 Å². The zero-order valence-corrected chi connectivity index (χ0v) is 22.0. The molecule has 40 heavy (non-hydrogen) atoms. The van der Waals surface area contributed by atoms with E-state index in [-0.39, 0.29) is 5.56 Å². The average Bonchev–Trinajstić information content (AvgIpc) is 3.42. The van der Waals surface area contributed by atoms with Gasteiger partial charge < -0.3 is 10.2 Å². The summed E-state index contributed by atoms with van der Waals surface area (Å²) in [5.41, 5.74) is 0.731. The Labute approximate surface area is 230 Å². The number of hydrogen-bond donors (Lipinski definition) is 1. The molecule has 10 nitrogen and oxygen atoms in total. The van der Waals surface area contributed by atoms with Crippen LogP contribution >= 0.6 is 0 Å². The Morgan fingerprint density at radius 3 is 2.52 bits per heavy atom. The predicted octanol–water partition coefficient (Wildman–Crippen LogP) is 3.15. The van der Waals surface area contributed by atoms with E-state index in [2.05, 4.69) is 32.1 Å². The number of rotatable bonds is 4. The number of piperidine rings is 1. The van der Waals surface area contributed by atoms with Crippen LogP contribution in [0.25, 0.3) is 27.7 Å². The number of piperazine rings is 1. The molecule has 0 spiro atoms. The summed E-state index contributed by atoms with van der Waals surface area (Å²) in [5, 5.41) is 37.1. The second-order valence-corrected chi connectivity index (χ2v) is 10.4. The Hall–Kier alpha value is -4.63. The summed E-state index contributed by atoms with van der Waals surface area (Å²) >= 11 is 0. The highest BCUT2D eigenvalue weighted by atomic mass is 19.1. The number of aromatic nitrogens is 4. The van der Waals surface area contributed by atoms with Gasteiger partial charge in [-0.15, -0.1) is 0 Å². The van der Waals surface area contributed by atoms with Crippen LogP contribution < -0.4 is 10.2 Å². The Kier molecular flexibility index (Phi) is 6.51. The van der Waals surface area contributed by atoms with Crippen LogP contribution in [0, 0.1) is 39.8 Å². The lowest BCUT2D eigenvalue weighted by Crippen LogP contribution is -2.56. The zero-order valence-electron chi connectivity index (χ0n) is 22.0. The van der Waals surface area contributed by atoms with E-state index in [1.54, 1.807) is 41.2 Å². The van der Waals surface area contributed by atoms with Crippen LogP contribution in [0.5, 0.6) is 0 Å². The summed E-state index contributed by atoms with van der Waals surface area (Å²) < 4.78 is 16.7. The fourth-order valence-electron chi connectivity index (χ4n) is 6.02. The van der Waals surface area contributed by atoms with Crippen LogP contribution in [0.2, 0.25) is 0 Å². The molecule has 2 saturated heterocycles. The van der Waals surface area contributed by atoms with Crippen LogP contribution in [-0.4, -0.2) is 69.3 Å². The van der Waals surface area contributed by atoms with Crippen molar-refractivity contribution in [2.75, 3.05) is 37.6 Å². The van der Waals surface area contributed by atoms with Crippen molar-refractivity contribution in [1.29, 1.82) is 15.8 Å². The van der Waals surface area contributed by atoms with E-state index in [1.165, 1.54) is 6.07 Å². The topological polar surface area (TPSA) is 133 Å². The third-order valence-electron chi connectivity index (χ3n) is 8.22. The van der Waals surface area contributed by atoms with Crippen LogP contribution in [0.1, 0.15) is 25.3 Å². The Morgan fingerprint density at radius 2 is 1.80 bits per heavy atom. The monoisotopic (exact) mass is 534 g/mol. The number of hydrogen-bond acceptors (Lipinski definition) is 9. The minimum Gasteiger partial charge on any atom is -0.369 e. The van der Waals surface area contributed by atoms with Crippen molar-refractivity contribution in [3.8, 4) is 29.3 Å². The Morgan fingerprint density at radius 1 is 1.02 bits per heavy atom. The lowest BCUT2D eigenvalue weighted by molar-refractivity contribution is 0.0997. The molecule has 6 rings (SSSR count). The molecule has 5 heterocycles. The van der Waals surface area contributed by atoms with Gasteiger partial charge in [-0.3, -0.25) is 9.88 Å². The summed E-state index contributed by atoms with van der Waals surface area (Å²) in [6, 6.07) is 10.4. The summed E-state index contributed by atoms with van der Waals surface area (Å²) in [6.07, 6.45) is 9.28. The highest BCUT2D eigenvalue weighted by Gasteiger charge is 2.36. The normalized spacial score (nSPS) is 18.9. The molecule has 0 saturated carbocycles. The van der Waals surface area contributed by atoms with Gasteiger partial charge >= 0.3 is 0 Å². The molecule has 200 valence electrons. The van der Waals surface area contributed by atoms with Crippen molar-refractivity contribution in [2.45, 2.75) is 37.3 Å². The van der Waals surface area contributed by atoms with Crippen molar-refractivity contribution in [2.24, 2.45) is 0 Å². The molecule has 1 aromatic carbocycles. The van der Waals surface area contributed by atoms with Gasteiger partial charge in [-0.2, -0.15) is 20.9 Å². The molecular weight excluding hydrogens is 507 g/mol. The fourth-order valence-corrected chi connectivity index (χ4v) is 6.02. The highest BCUT2D eigenvalue weighted by molar-refractivity contribution is 5.98. The van der Waals surface area contributed by atoms with Crippen LogP contribution in [-0.2, 0) is 5.41 Å². The number of nitriles is 3. The fraction of sp³-hybridized carbons (Fsp3) is 0.379. The molecule has 2 aliphatic rings. The van der Waals surface area contributed by atoms with Crippen molar-refractivity contribution in [3.05, 3.63) is 54.4 Å². The number of fused-ring (bicyclic) bond motifs is 2. The average molecular weight is 535 g/mol. The van der Waals surface area contributed by atoms with Crippen molar-refractivity contribution in [1.82, 2.24) is 29.8 Å². The maximum atomic E-state index is 14.9. The summed E-state index contributed by atoms with van der Waals surface area (Å²) in [5.74, 6) is -0.834. The number of halogens is 1. The number of nitrogens with one attached hydrogen (secondary N) is 1. The molecule has 4 aromatic rings. The first-order valence-corrected chi connectivity index (χ1v) is 13.4. The summed E-state index contributed by atoms with van der Waals surface area (Å²) in [4.78, 5) is 14.0. The van der Waals surface area contributed by atoms with Gasteiger partial charge in [0, 0.05) is 73.6 Å². The Balaban J connectivity index is 1.31. The molecule has 2 aliphatic heterocycles. The minimum absolute atomic E-state index is 0.299. The van der Waals surface area contributed by atoms with E-state index >= 15 is 0 Å². The minimum atomic E-state index is -2.27. The van der Waals surface area contributed by atoms with Gasteiger partial charge in [0.2, 0.25) is 0 Å². The number of pyridine rings is 1. The predicted molar refractivity (Wildman–Crippen MR) is 146 cm³/mol. The third-order valence-corrected chi connectivity index (χ3v) is 8.22. The smallest absolute Gasteiger partial charge is 0.256 e. The molecule has 11 heteroatoms. The maximum absolute atomic E-state index is 14.9. The van der Waals surface area contributed by atoms with Crippen LogP contribution in [0.15, 0.2) is 43.0 Å². The number of benzene rings is 1. The van der Waals surface area contributed by atoms with Gasteiger partial charge in [0.15, 0.2) is 5.65 Å². The zero-order chi connectivity index (χ0) is 27.9. The molecule has 0 aliphatic carbocycles. The standard InChI is InChI=1S/C29H27FN10/c1-19-12-34-6-9-39(19)20-3-7-38(8-4-20)21-13-36-28-24(14-37-40(28)15-21)22-2-5-35-27-11-26(30)25(10-23(22)27)29(16-31,17-32)18-33/h2,5,10-11,13-15,19-20,34H,3-4,6-9,12H2,1H3. The van der Waals surface area contributed by atoms with Crippen molar-refractivity contribution < 1.29 is 4.39 Å². The van der Waals surface area contributed by atoms with Crippen molar-refractivity contribution in [3.63, 3.8) is 0 Å². The highest BCUT2D eigenvalue weighted by Crippen LogP contribution is 2.35. The van der Waals surface area contributed by atoms with Gasteiger partial charge in [0.1, 0.15) is 24.0 Å². The lowest BCUT2D eigenvalue weighted by atomic mass is 9.83. The van der Waals surface area contributed by atoms with E-state index in [9.17, 15) is 20.2 Å². The summed E-state index contributed by atoms with van der Waals surface area (Å²) in [7, 11) is 0.